The van der Waals surface area contributed by atoms with Crippen LogP contribution in [-0.4, -0.2) is 41.4 Å². The Hall–Kier alpha value is -4.76. The van der Waals surface area contributed by atoms with Crippen molar-refractivity contribution < 1.29 is 8.83 Å². The molecule has 0 bridgehead atoms. The maximum Gasteiger partial charge on any atom is 0.134 e. The number of hydrogen-bond acceptors (Lipinski definition) is 7. The summed E-state index contributed by atoms with van der Waals surface area (Å²) in [6.45, 7) is 4.42. The van der Waals surface area contributed by atoms with Gasteiger partial charge >= 0.3 is 0 Å². The van der Waals surface area contributed by atoms with E-state index in [1.165, 1.54) is 11.1 Å². The fraction of sp³-hybridized carbons (Fsp3) is 0.333. The van der Waals surface area contributed by atoms with E-state index in [4.69, 9.17) is 8.83 Å². The van der Waals surface area contributed by atoms with Crippen molar-refractivity contribution in [2.75, 3.05) is 6.54 Å². The van der Waals surface area contributed by atoms with Crippen molar-refractivity contribution in [3.05, 3.63) is 119 Å². The Morgan fingerprint density at radius 2 is 1.16 bits per heavy atom. The van der Waals surface area contributed by atoms with Gasteiger partial charge in [-0.2, -0.15) is 0 Å². The van der Waals surface area contributed by atoms with Crippen LogP contribution in [0.1, 0.15) is 78.7 Å². The molecule has 0 spiro atoms. The normalized spacial score (nSPS) is 17.8. The second-order valence-corrected chi connectivity index (χ2v) is 12.2. The molecule has 2 aliphatic carbocycles. The van der Waals surface area contributed by atoms with Crippen molar-refractivity contribution in [1.29, 1.82) is 0 Å². The summed E-state index contributed by atoms with van der Waals surface area (Å²) in [6.07, 6.45) is 10.3. The largest absolute Gasteiger partial charge is 0.461 e. The minimum atomic E-state index is 0.136. The topological polar surface area (TPSA) is 90.9 Å². The summed E-state index contributed by atoms with van der Waals surface area (Å²) < 4.78 is 16.6. The highest BCUT2D eigenvalue weighted by Crippen LogP contribution is 2.39. The van der Waals surface area contributed by atoms with Crippen molar-refractivity contribution >= 4 is 0 Å². The van der Waals surface area contributed by atoms with Crippen molar-refractivity contribution in [2.45, 2.75) is 70.6 Å². The van der Waals surface area contributed by atoms with E-state index in [0.29, 0.717) is 13.1 Å². The molecule has 2 unspecified atom stereocenters. The summed E-state index contributed by atoms with van der Waals surface area (Å²) in [4.78, 5) is 2.33. The number of furan rings is 2. The van der Waals surface area contributed by atoms with E-state index < -0.39 is 0 Å². The molecule has 9 nitrogen and oxygen atoms in total. The third-order valence-corrected chi connectivity index (χ3v) is 9.25. The van der Waals surface area contributed by atoms with Gasteiger partial charge in [-0.05, 0) is 44.4 Å². The summed E-state index contributed by atoms with van der Waals surface area (Å²) in [5.74, 6) is 3.98. The van der Waals surface area contributed by atoms with Gasteiger partial charge in [-0.25, -0.2) is 9.36 Å². The highest BCUT2D eigenvalue weighted by Gasteiger charge is 2.29. The van der Waals surface area contributed by atoms with E-state index in [2.05, 4.69) is 81.2 Å². The van der Waals surface area contributed by atoms with Gasteiger partial charge in [0.2, 0.25) is 0 Å². The Morgan fingerprint density at radius 1 is 0.689 bits per heavy atom. The van der Waals surface area contributed by atoms with Crippen LogP contribution >= 0.6 is 0 Å². The van der Waals surface area contributed by atoms with Crippen molar-refractivity contribution in [2.24, 2.45) is 0 Å². The summed E-state index contributed by atoms with van der Waals surface area (Å²) >= 11 is 0. The first-order valence-electron chi connectivity index (χ1n) is 16.1. The number of aromatic nitrogens is 6. The van der Waals surface area contributed by atoms with Crippen LogP contribution in [0.5, 0.6) is 0 Å². The van der Waals surface area contributed by atoms with E-state index >= 15 is 0 Å². The van der Waals surface area contributed by atoms with Gasteiger partial charge in [-0.3, -0.25) is 4.90 Å². The highest BCUT2D eigenvalue weighted by atomic mass is 16.3. The molecule has 0 aliphatic heterocycles. The minimum absolute atomic E-state index is 0.136. The highest BCUT2D eigenvalue weighted by molar-refractivity contribution is 5.60. The lowest BCUT2D eigenvalue weighted by Gasteiger charge is -2.21. The number of hydrogen-bond donors (Lipinski definition) is 0. The first-order valence-corrected chi connectivity index (χ1v) is 16.1. The van der Waals surface area contributed by atoms with Crippen LogP contribution in [0.25, 0.3) is 22.6 Å². The molecule has 9 heteroatoms. The smallest absolute Gasteiger partial charge is 0.134 e. The monoisotopic (exact) mass is 599 g/mol. The van der Waals surface area contributed by atoms with Gasteiger partial charge in [0.1, 0.15) is 23.0 Å². The van der Waals surface area contributed by atoms with Crippen LogP contribution in [-0.2, 0) is 25.9 Å². The van der Waals surface area contributed by atoms with Crippen LogP contribution in [0, 0.1) is 0 Å². The Morgan fingerprint density at radius 3 is 1.60 bits per heavy atom. The van der Waals surface area contributed by atoms with E-state index in [1.54, 1.807) is 0 Å². The Balaban J connectivity index is 0.956. The molecule has 0 saturated carbocycles. The van der Waals surface area contributed by atoms with Gasteiger partial charge in [0.15, 0.2) is 0 Å². The lowest BCUT2D eigenvalue weighted by atomic mass is 9.93. The average molecular weight is 600 g/mol. The molecule has 2 aliphatic rings. The number of aryl methyl sites for hydroxylation is 2. The van der Waals surface area contributed by atoms with Gasteiger partial charge in [-0.15, -0.1) is 10.2 Å². The van der Waals surface area contributed by atoms with Crippen LogP contribution in [0.15, 0.2) is 94.0 Å². The molecule has 0 amide bonds. The first-order chi connectivity index (χ1) is 22.2. The lowest BCUT2D eigenvalue weighted by Crippen LogP contribution is -2.23. The van der Waals surface area contributed by atoms with Gasteiger partial charge in [-0.1, -0.05) is 78.0 Å². The predicted molar refractivity (Wildman–Crippen MR) is 170 cm³/mol. The van der Waals surface area contributed by atoms with Gasteiger partial charge < -0.3 is 8.83 Å². The standard InChI is InChI=1S/C36H37N7O2/c1-2-41(21-27-23-42(39-37-27)31-15-9-17-33-29(31)19-35(44-33)25-11-5-3-6-12-25)22-28-24-43(40-38-28)32-16-10-18-34-30(32)20-36(45-34)26-13-7-4-8-14-26/h3-8,11-14,19-20,23-24,31-32H,2,9-10,15-18,21-22H2,1H3. The van der Waals surface area contributed by atoms with Gasteiger partial charge in [0, 0.05) is 48.2 Å². The van der Waals surface area contributed by atoms with E-state index in [-0.39, 0.29) is 12.1 Å². The fourth-order valence-electron chi connectivity index (χ4n) is 6.92. The summed E-state index contributed by atoms with van der Waals surface area (Å²) in [7, 11) is 0. The lowest BCUT2D eigenvalue weighted by molar-refractivity contribution is 0.264. The average Bonchev–Trinajstić information content (AvgIpc) is 3.91. The Labute approximate surface area is 262 Å². The molecule has 0 fully saturated rings. The number of rotatable bonds is 9. The second kappa shape index (κ2) is 12.0. The molecule has 6 aromatic rings. The molecule has 0 N–H and O–H groups in total. The zero-order valence-electron chi connectivity index (χ0n) is 25.5. The zero-order valence-corrected chi connectivity index (χ0v) is 25.5. The van der Waals surface area contributed by atoms with Crippen molar-refractivity contribution in [1.82, 2.24) is 34.9 Å². The van der Waals surface area contributed by atoms with Crippen molar-refractivity contribution in [3.8, 4) is 22.6 Å². The summed E-state index contributed by atoms with van der Waals surface area (Å²) in [6, 6.07) is 25.3. The molecule has 2 atom stereocenters. The van der Waals surface area contributed by atoms with Crippen LogP contribution in [0.2, 0.25) is 0 Å². The molecule has 8 rings (SSSR count). The quantitative estimate of drug-likeness (QED) is 0.173. The van der Waals surface area contributed by atoms with Crippen LogP contribution in [0.3, 0.4) is 0 Å². The number of fused-ring (bicyclic) bond motifs is 2. The molecule has 0 radical (unpaired) electrons. The Kier molecular flexibility index (Phi) is 7.38. The molecular weight excluding hydrogens is 562 g/mol. The predicted octanol–water partition coefficient (Wildman–Crippen LogP) is 7.26. The summed E-state index contributed by atoms with van der Waals surface area (Å²) in [5.41, 5.74) is 6.55. The fourth-order valence-corrected chi connectivity index (χ4v) is 6.92. The third-order valence-electron chi connectivity index (χ3n) is 9.25. The van der Waals surface area contributed by atoms with Crippen LogP contribution < -0.4 is 0 Å². The maximum absolute atomic E-state index is 6.30. The van der Waals surface area contributed by atoms with Crippen molar-refractivity contribution in [3.63, 3.8) is 0 Å². The Bertz CT molecular complexity index is 1750. The van der Waals surface area contributed by atoms with Gasteiger partial charge in [0.25, 0.3) is 0 Å². The molecule has 45 heavy (non-hydrogen) atoms. The summed E-state index contributed by atoms with van der Waals surface area (Å²) in [5, 5.41) is 18.3. The zero-order chi connectivity index (χ0) is 30.2. The molecule has 4 heterocycles. The molecule has 2 aromatic carbocycles. The number of benzene rings is 2. The van der Waals surface area contributed by atoms with Gasteiger partial charge in [0.05, 0.1) is 35.9 Å². The van der Waals surface area contributed by atoms with E-state index in [9.17, 15) is 0 Å². The molecule has 228 valence electrons. The van der Waals surface area contributed by atoms with E-state index in [1.807, 2.05) is 45.8 Å². The van der Waals surface area contributed by atoms with E-state index in [0.717, 1.165) is 90.6 Å². The molecular formula is C36H37N7O2. The molecule has 0 saturated heterocycles. The third kappa shape index (κ3) is 5.53. The number of nitrogens with zero attached hydrogens (tertiary/aromatic N) is 7. The SMILES string of the molecule is CCN(Cc1cn(C2CCCc3oc(-c4ccccc4)cc32)nn1)Cc1cn(C2CCCc3oc(-c4ccccc4)cc32)nn1. The van der Waals surface area contributed by atoms with Crippen LogP contribution in [0.4, 0.5) is 0 Å². The first kappa shape index (κ1) is 27.8. The molecule has 4 aromatic heterocycles. The minimum Gasteiger partial charge on any atom is -0.461 e. The maximum atomic E-state index is 6.30. The second-order valence-electron chi connectivity index (χ2n) is 12.2.